The topological polar surface area (TPSA) is 74.8 Å². The summed E-state index contributed by atoms with van der Waals surface area (Å²) in [7, 11) is 0. The summed E-state index contributed by atoms with van der Waals surface area (Å²) >= 11 is 0. The van der Waals surface area contributed by atoms with Gasteiger partial charge < -0.3 is 0 Å². The van der Waals surface area contributed by atoms with Crippen molar-refractivity contribution in [3.05, 3.63) is 119 Å². The van der Waals surface area contributed by atoms with E-state index < -0.39 is 29.4 Å². The van der Waals surface area contributed by atoms with Gasteiger partial charge >= 0.3 is 0 Å². The lowest BCUT2D eigenvalue weighted by Crippen LogP contribution is -2.58. The first-order valence-corrected chi connectivity index (χ1v) is 11.6. The van der Waals surface area contributed by atoms with Crippen LogP contribution in [0.25, 0.3) is 32.7 Å². The SMILES string of the molecule is O=C1c2cccc3cccc(c23)C(=O)N1N1C(=O)c2cccc3c(-c4ccccc4F)ccc(c23)C1=O. The molecular formula is C30H15FN2O4. The van der Waals surface area contributed by atoms with Gasteiger partial charge in [-0.2, -0.15) is 10.0 Å². The van der Waals surface area contributed by atoms with Crippen molar-refractivity contribution < 1.29 is 23.6 Å². The normalized spacial score (nSPS) is 14.7. The highest BCUT2D eigenvalue weighted by atomic mass is 19.1. The van der Waals surface area contributed by atoms with Crippen molar-refractivity contribution >= 4 is 45.2 Å². The van der Waals surface area contributed by atoms with Crippen LogP contribution in [-0.4, -0.2) is 33.6 Å². The first-order chi connectivity index (χ1) is 18.0. The van der Waals surface area contributed by atoms with Gasteiger partial charge in [0, 0.05) is 16.3 Å². The summed E-state index contributed by atoms with van der Waals surface area (Å²) in [5.41, 5.74) is 1.60. The predicted molar refractivity (Wildman–Crippen MR) is 134 cm³/mol. The summed E-state index contributed by atoms with van der Waals surface area (Å²) in [5, 5.41) is 3.34. The van der Waals surface area contributed by atoms with Crippen LogP contribution in [0.2, 0.25) is 0 Å². The van der Waals surface area contributed by atoms with E-state index >= 15 is 0 Å². The zero-order valence-electron chi connectivity index (χ0n) is 19.1. The number of carbonyl (C=O) groups excluding carboxylic acids is 4. The van der Waals surface area contributed by atoms with Crippen molar-refractivity contribution in [2.75, 3.05) is 0 Å². The molecule has 0 unspecified atom stereocenters. The van der Waals surface area contributed by atoms with Gasteiger partial charge in [-0.05, 0) is 46.7 Å². The molecule has 37 heavy (non-hydrogen) atoms. The number of carbonyl (C=O) groups is 4. The fraction of sp³-hybridized carbons (Fsp3) is 0. The predicted octanol–water partition coefficient (Wildman–Crippen LogP) is 5.61. The molecule has 0 bridgehead atoms. The number of imide groups is 2. The third-order valence-corrected chi connectivity index (χ3v) is 7.00. The van der Waals surface area contributed by atoms with E-state index in [1.54, 1.807) is 72.8 Å². The molecule has 2 heterocycles. The number of nitrogens with zero attached hydrogens (tertiary/aromatic N) is 2. The van der Waals surface area contributed by atoms with E-state index in [-0.39, 0.29) is 22.3 Å². The average Bonchev–Trinajstić information content (AvgIpc) is 2.92. The highest BCUT2D eigenvalue weighted by Gasteiger charge is 2.45. The fourth-order valence-electron chi connectivity index (χ4n) is 5.38. The molecule has 2 aliphatic heterocycles. The molecule has 176 valence electrons. The van der Waals surface area contributed by atoms with Gasteiger partial charge in [-0.15, -0.1) is 0 Å². The Morgan fingerprint density at radius 3 is 1.49 bits per heavy atom. The van der Waals surface area contributed by atoms with Crippen LogP contribution in [0.3, 0.4) is 0 Å². The highest BCUT2D eigenvalue weighted by molar-refractivity contribution is 6.31. The smallest absolute Gasteiger partial charge is 0.267 e. The highest BCUT2D eigenvalue weighted by Crippen LogP contribution is 2.39. The second kappa shape index (κ2) is 7.41. The van der Waals surface area contributed by atoms with Crippen LogP contribution >= 0.6 is 0 Å². The van der Waals surface area contributed by atoms with E-state index in [1.165, 1.54) is 18.2 Å². The molecule has 0 saturated heterocycles. The summed E-state index contributed by atoms with van der Waals surface area (Å²) < 4.78 is 14.6. The third-order valence-electron chi connectivity index (χ3n) is 7.00. The molecule has 0 N–H and O–H groups in total. The fourth-order valence-corrected chi connectivity index (χ4v) is 5.38. The van der Waals surface area contributed by atoms with E-state index in [0.717, 1.165) is 0 Å². The van der Waals surface area contributed by atoms with Crippen LogP contribution in [0.4, 0.5) is 4.39 Å². The Morgan fingerprint density at radius 1 is 0.432 bits per heavy atom. The van der Waals surface area contributed by atoms with Gasteiger partial charge in [0.1, 0.15) is 5.82 Å². The van der Waals surface area contributed by atoms with Gasteiger partial charge in [-0.25, -0.2) is 4.39 Å². The summed E-state index contributed by atoms with van der Waals surface area (Å²) in [6.07, 6.45) is 0. The summed E-state index contributed by atoms with van der Waals surface area (Å²) in [6, 6.07) is 24.4. The molecule has 7 rings (SSSR count). The maximum atomic E-state index is 14.6. The molecule has 2 aliphatic rings. The number of hydrogen-bond donors (Lipinski definition) is 0. The largest absolute Gasteiger partial charge is 0.281 e. The number of halogens is 1. The number of amides is 4. The molecule has 0 radical (unpaired) electrons. The third kappa shape index (κ3) is 2.73. The van der Waals surface area contributed by atoms with Crippen LogP contribution in [0.5, 0.6) is 0 Å². The van der Waals surface area contributed by atoms with Crippen molar-refractivity contribution in [1.82, 2.24) is 10.0 Å². The first-order valence-electron chi connectivity index (χ1n) is 11.6. The number of hydrogen-bond acceptors (Lipinski definition) is 4. The molecule has 0 saturated carbocycles. The van der Waals surface area contributed by atoms with E-state index in [2.05, 4.69) is 0 Å². The zero-order valence-corrected chi connectivity index (χ0v) is 19.1. The average molecular weight is 486 g/mol. The van der Waals surface area contributed by atoms with Gasteiger partial charge in [-0.1, -0.05) is 60.7 Å². The molecule has 0 spiro atoms. The Balaban J connectivity index is 1.42. The van der Waals surface area contributed by atoms with Gasteiger partial charge in [0.25, 0.3) is 23.6 Å². The van der Waals surface area contributed by atoms with Crippen molar-refractivity contribution in [3.63, 3.8) is 0 Å². The minimum Gasteiger partial charge on any atom is -0.267 e. The van der Waals surface area contributed by atoms with Crippen molar-refractivity contribution in [3.8, 4) is 11.1 Å². The Bertz CT molecular complexity index is 1820. The van der Waals surface area contributed by atoms with Crippen molar-refractivity contribution in [2.24, 2.45) is 0 Å². The van der Waals surface area contributed by atoms with Crippen LogP contribution in [0.1, 0.15) is 41.4 Å². The maximum Gasteiger partial charge on any atom is 0.281 e. The second-order valence-corrected chi connectivity index (χ2v) is 8.92. The standard InChI is InChI=1S/C30H15FN2O4/c31-24-13-2-1-8-18(24)17-14-15-23-26-19(17)9-5-12-22(26)29(36)33(30(23)37)32-27(34)20-10-3-6-16-7-4-11-21(25(16)20)28(32)35/h1-15H. The molecule has 4 amide bonds. The van der Waals surface area contributed by atoms with E-state index in [9.17, 15) is 23.6 Å². The van der Waals surface area contributed by atoms with Crippen LogP contribution in [-0.2, 0) is 0 Å². The lowest BCUT2D eigenvalue weighted by Gasteiger charge is -2.37. The molecule has 0 atom stereocenters. The maximum absolute atomic E-state index is 14.6. The molecular weight excluding hydrogens is 471 g/mol. The Kier molecular flexibility index (Phi) is 4.24. The molecule has 6 nitrogen and oxygen atoms in total. The number of hydrazine groups is 1. The lowest BCUT2D eigenvalue weighted by molar-refractivity contribution is 0.00212. The van der Waals surface area contributed by atoms with Crippen LogP contribution < -0.4 is 0 Å². The molecule has 0 aromatic heterocycles. The molecule has 5 aromatic carbocycles. The molecule has 0 aliphatic carbocycles. The van der Waals surface area contributed by atoms with Crippen LogP contribution in [0, 0.1) is 5.82 Å². The van der Waals surface area contributed by atoms with Gasteiger partial charge in [0.05, 0.1) is 22.3 Å². The number of benzene rings is 5. The van der Waals surface area contributed by atoms with E-state index in [0.29, 0.717) is 42.7 Å². The van der Waals surface area contributed by atoms with E-state index in [4.69, 9.17) is 0 Å². The minimum atomic E-state index is -0.804. The summed E-state index contributed by atoms with van der Waals surface area (Å²) in [4.78, 5) is 54.6. The van der Waals surface area contributed by atoms with Crippen molar-refractivity contribution in [1.29, 1.82) is 0 Å². The molecule has 7 heteroatoms. The monoisotopic (exact) mass is 486 g/mol. The quantitative estimate of drug-likeness (QED) is 0.304. The second-order valence-electron chi connectivity index (χ2n) is 8.92. The van der Waals surface area contributed by atoms with Gasteiger partial charge in [0.2, 0.25) is 0 Å². The van der Waals surface area contributed by atoms with E-state index in [1.807, 2.05) is 0 Å². The summed E-state index contributed by atoms with van der Waals surface area (Å²) in [6.45, 7) is 0. The lowest BCUT2D eigenvalue weighted by atomic mass is 9.89. The number of rotatable bonds is 2. The van der Waals surface area contributed by atoms with Crippen molar-refractivity contribution in [2.45, 2.75) is 0 Å². The molecule has 5 aromatic rings. The Hall–Kier alpha value is -5.17. The summed E-state index contributed by atoms with van der Waals surface area (Å²) in [5.74, 6) is -3.55. The Labute approximate surface area is 209 Å². The molecule has 0 fully saturated rings. The first kappa shape index (κ1) is 21.1. The van der Waals surface area contributed by atoms with Gasteiger partial charge in [0.15, 0.2) is 0 Å². The minimum absolute atomic E-state index is 0.142. The zero-order chi connectivity index (χ0) is 25.4. The Morgan fingerprint density at radius 2 is 0.892 bits per heavy atom. The van der Waals surface area contributed by atoms with Gasteiger partial charge in [-0.3, -0.25) is 19.2 Å². The van der Waals surface area contributed by atoms with Crippen LogP contribution in [0.15, 0.2) is 91.0 Å².